The first kappa shape index (κ1) is 7.35. The molecule has 0 amide bonds. The minimum absolute atomic E-state index is 0.932. The predicted molar refractivity (Wildman–Crippen MR) is 52.0 cm³/mol. The van der Waals surface area contributed by atoms with Crippen molar-refractivity contribution in [1.29, 1.82) is 0 Å². The summed E-state index contributed by atoms with van der Waals surface area (Å²) < 4.78 is 0. The molecule has 0 spiro atoms. The number of nitrogens with one attached hydrogen (secondary N) is 1. The number of rotatable bonds is 0. The van der Waals surface area contributed by atoms with E-state index < -0.39 is 0 Å². The van der Waals surface area contributed by atoms with Crippen LogP contribution in [-0.2, 0) is 0 Å². The second-order valence-electron chi connectivity index (χ2n) is 2.90. The van der Waals surface area contributed by atoms with Crippen molar-refractivity contribution >= 4 is 11.9 Å². The predicted octanol–water partition coefficient (Wildman–Crippen LogP) is 1.92. The van der Waals surface area contributed by atoms with Crippen LogP contribution in [0.5, 0.6) is 0 Å². The molecule has 0 saturated carbocycles. The third kappa shape index (κ3) is 1.47. The molecule has 0 radical (unpaired) electrons. The van der Waals surface area contributed by atoms with Crippen LogP contribution < -0.4 is 5.32 Å². The summed E-state index contributed by atoms with van der Waals surface area (Å²) in [7, 11) is 0. The molecule has 1 aromatic carbocycles. The van der Waals surface area contributed by atoms with Gasteiger partial charge in [0.05, 0.1) is 0 Å². The first-order valence-electron chi connectivity index (χ1n) is 4.29. The van der Waals surface area contributed by atoms with E-state index in [4.69, 9.17) is 0 Å². The van der Waals surface area contributed by atoms with Crippen molar-refractivity contribution in [2.24, 2.45) is 4.99 Å². The van der Waals surface area contributed by atoms with E-state index in [-0.39, 0.29) is 0 Å². The van der Waals surface area contributed by atoms with Gasteiger partial charge in [-0.15, -0.1) is 0 Å². The summed E-state index contributed by atoms with van der Waals surface area (Å²) in [6, 6.07) is 8.25. The number of hydrogen-bond donors (Lipinski definition) is 1. The van der Waals surface area contributed by atoms with Gasteiger partial charge in [0.15, 0.2) is 0 Å². The molecule has 0 atom stereocenters. The summed E-state index contributed by atoms with van der Waals surface area (Å²) in [5.74, 6) is 0. The van der Waals surface area contributed by atoms with Crippen molar-refractivity contribution in [3.05, 3.63) is 29.8 Å². The van der Waals surface area contributed by atoms with Crippen molar-refractivity contribution in [3.63, 3.8) is 0 Å². The third-order valence-corrected chi connectivity index (χ3v) is 1.97. The van der Waals surface area contributed by atoms with Gasteiger partial charge < -0.3 is 5.32 Å². The van der Waals surface area contributed by atoms with Gasteiger partial charge in [0.2, 0.25) is 0 Å². The Morgan fingerprint density at radius 2 is 2.17 bits per heavy atom. The average Bonchev–Trinajstić information content (AvgIpc) is 2.06. The summed E-state index contributed by atoms with van der Waals surface area (Å²) in [4.78, 5) is 4.31. The maximum absolute atomic E-state index is 4.31. The minimum Gasteiger partial charge on any atom is -0.384 e. The van der Waals surface area contributed by atoms with E-state index in [1.165, 1.54) is 11.3 Å². The van der Waals surface area contributed by atoms with E-state index in [9.17, 15) is 0 Å². The second kappa shape index (κ2) is 3.39. The van der Waals surface area contributed by atoms with Crippen LogP contribution in [0.15, 0.2) is 29.3 Å². The highest BCUT2D eigenvalue weighted by atomic mass is 14.9. The summed E-state index contributed by atoms with van der Waals surface area (Å²) in [6.07, 6.45) is 3.06. The smallest absolute Gasteiger partial charge is 0.0429 e. The quantitative estimate of drug-likeness (QED) is 0.616. The molecule has 12 heavy (non-hydrogen) atoms. The number of nitrogens with zero attached hydrogens (tertiary/aromatic N) is 1. The normalized spacial score (nSPS) is 18.3. The fourth-order valence-corrected chi connectivity index (χ4v) is 1.33. The van der Waals surface area contributed by atoms with Crippen LogP contribution >= 0.6 is 0 Å². The minimum atomic E-state index is 0.932. The Morgan fingerprint density at radius 3 is 3.17 bits per heavy atom. The molecular weight excluding hydrogens is 148 g/mol. The van der Waals surface area contributed by atoms with E-state index in [1.54, 1.807) is 0 Å². The van der Waals surface area contributed by atoms with Crippen LogP contribution in [0.4, 0.5) is 5.69 Å². The second-order valence-corrected chi connectivity index (χ2v) is 2.90. The molecule has 1 heterocycles. The van der Waals surface area contributed by atoms with Crippen molar-refractivity contribution in [3.8, 4) is 0 Å². The fraction of sp³-hybridized carbons (Fsp3) is 0.300. The fourth-order valence-electron chi connectivity index (χ4n) is 1.33. The van der Waals surface area contributed by atoms with Gasteiger partial charge >= 0.3 is 0 Å². The van der Waals surface area contributed by atoms with Gasteiger partial charge in [0.25, 0.3) is 0 Å². The average molecular weight is 160 g/mol. The monoisotopic (exact) mass is 160 g/mol. The van der Waals surface area contributed by atoms with Gasteiger partial charge in [-0.3, -0.25) is 4.99 Å². The van der Waals surface area contributed by atoms with E-state index >= 15 is 0 Å². The molecule has 0 aliphatic carbocycles. The van der Waals surface area contributed by atoms with Crippen molar-refractivity contribution in [1.82, 2.24) is 0 Å². The highest BCUT2D eigenvalue weighted by Gasteiger charge is 1.99. The van der Waals surface area contributed by atoms with Gasteiger partial charge in [-0.05, 0) is 12.5 Å². The zero-order valence-electron chi connectivity index (χ0n) is 6.96. The lowest BCUT2D eigenvalue weighted by Crippen LogP contribution is -2.07. The first-order valence-corrected chi connectivity index (χ1v) is 4.29. The maximum Gasteiger partial charge on any atom is 0.0429 e. The van der Waals surface area contributed by atoms with Gasteiger partial charge in [0, 0.05) is 30.6 Å². The summed E-state index contributed by atoms with van der Waals surface area (Å²) >= 11 is 0. The number of benzene rings is 1. The van der Waals surface area contributed by atoms with Gasteiger partial charge in [-0.1, -0.05) is 18.2 Å². The standard InChI is InChI=1S/C10H12N2/c1-2-5-10-9(4-1)8-11-6-3-7-12-10/h1-2,4-5,8,12H,3,6-7H2/b11-8-. The lowest BCUT2D eigenvalue weighted by Gasteiger charge is -2.10. The largest absolute Gasteiger partial charge is 0.384 e. The van der Waals surface area contributed by atoms with Crippen LogP contribution in [0.1, 0.15) is 12.0 Å². The Balaban J connectivity index is 2.36. The van der Waals surface area contributed by atoms with Gasteiger partial charge in [-0.25, -0.2) is 0 Å². The van der Waals surface area contributed by atoms with E-state index in [0.29, 0.717) is 0 Å². The number of para-hydroxylation sites is 1. The lowest BCUT2D eigenvalue weighted by molar-refractivity contribution is 0.873. The first-order chi connectivity index (χ1) is 5.97. The molecule has 0 bridgehead atoms. The van der Waals surface area contributed by atoms with Crippen LogP contribution in [0, 0.1) is 0 Å². The number of aliphatic imine (C=N–C) groups is 1. The molecule has 1 N–H and O–H groups in total. The molecule has 2 heteroatoms. The van der Waals surface area contributed by atoms with Crippen LogP contribution in [0.25, 0.3) is 0 Å². The lowest BCUT2D eigenvalue weighted by atomic mass is 10.2. The van der Waals surface area contributed by atoms with Gasteiger partial charge in [0.1, 0.15) is 0 Å². The van der Waals surface area contributed by atoms with Crippen molar-refractivity contribution in [2.45, 2.75) is 6.42 Å². The SMILES string of the molecule is C1=N\CCCNc2ccccc2/1. The van der Waals surface area contributed by atoms with E-state index in [0.717, 1.165) is 19.5 Å². The van der Waals surface area contributed by atoms with Crippen LogP contribution in [-0.4, -0.2) is 19.3 Å². The molecule has 2 rings (SSSR count). The Hall–Kier alpha value is -1.31. The van der Waals surface area contributed by atoms with E-state index in [1.807, 2.05) is 18.3 Å². The Kier molecular flexibility index (Phi) is 2.08. The third-order valence-electron chi connectivity index (χ3n) is 1.97. The van der Waals surface area contributed by atoms with Crippen LogP contribution in [0.3, 0.4) is 0 Å². The molecule has 0 aromatic heterocycles. The van der Waals surface area contributed by atoms with Crippen molar-refractivity contribution < 1.29 is 0 Å². The number of fused-ring (bicyclic) bond motifs is 1. The number of anilines is 1. The number of hydrogen-bond acceptors (Lipinski definition) is 2. The zero-order valence-corrected chi connectivity index (χ0v) is 6.96. The molecule has 0 unspecified atom stereocenters. The molecule has 1 aromatic rings. The topological polar surface area (TPSA) is 24.4 Å². The molecule has 2 nitrogen and oxygen atoms in total. The van der Waals surface area contributed by atoms with Gasteiger partial charge in [-0.2, -0.15) is 0 Å². The molecule has 1 aliphatic rings. The molecule has 62 valence electrons. The maximum atomic E-state index is 4.31. The molecular formula is C10H12N2. The molecule has 0 fully saturated rings. The Labute approximate surface area is 72.3 Å². The molecule has 0 saturated heterocycles. The Morgan fingerprint density at radius 1 is 1.25 bits per heavy atom. The highest BCUT2D eigenvalue weighted by Crippen LogP contribution is 2.13. The van der Waals surface area contributed by atoms with Crippen LogP contribution in [0.2, 0.25) is 0 Å². The summed E-state index contributed by atoms with van der Waals surface area (Å²) in [5.41, 5.74) is 2.39. The summed E-state index contributed by atoms with van der Waals surface area (Å²) in [6.45, 7) is 1.95. The Bertz CT molecular complexity index is 292. The van der Waals surface area contributed by atoms with Crippen molar-refractivity contribution in [2.75, 3.05) is 18.4 Å². The molecule has 1 aliphatic heterocycles. The zero-order chi connectivity index (χ0) is 8.23. The van der Waals surface area contributed by atoms with E-state index in [2.05, 4.69) is 22.4 Å². The highest BCUT2D eigenvalue weighted by molar-refractivity contribution is 5.87. The summed E-state index contributed by atoms with van der Waals surface area (Å²) in [5, 5.41) is 3.37.